The summed E-state index contributed by atoms with van der Waals surface area (Å²) < 4.78 is 11.1. The number of nitrogens with one attached hydrogen (secondary N) is 1. The third kappa shape index (κ3) is 3.74. The first-order valence-electron chi connectivity index (χ1n) is 7.88. The Hall–Kier alpha value is -2.82. The van der Waals surface area contributed by atoms with Crippen LogP contribution in [0, 0.1) is 0 Å². The number of fused-ring (bicyclic) bond motifs is 1. The quantitative estimate of drug-likeness (QED) is 0.859. The Morgan fingerprint density at radius 2 is 2.04 bits per heavy atom. The number of benzene rings is 2. The van der Waals surface area contributed by atoms with E-state index in [2.05, 4.69) is 5.32 Å². The summed E-state index contributed by atoms with van der Waals surface area (Å²) in [6, 6.07) is 14.4. The Kier molecular flexibility index (Phi) is 4.79. The largest absolute Gasteiger partial charge is 0.493 e. The fourth-order valence-corrected chi connectivity index (χ4v) is 2.68. The molecule has 5 heteroatoms. The van der Waals surface area contributed by atoms with Gasteiger partial charge < -0.3 is 14.8 Å². The maximum absolute atomic E-state index is 12.2. The van der Waals surface area contributed by atoms with E-state index in [9.17, 15) is 9.59 Å². The van der Waals surface area contributed by atoms with Crippen LogP contribution in [-0.2, 0) is 4.79 Å². The molecule has 24 heavy (non-hydrogen) atoms. The Morgan fingerprint density at radius 1 is 1.21 bits per heavy atom. The topological polar surface area (TPSA) is 64.6 Å². The summed E-state index contributed by atoms with van der Waals surface area (Å²) in [7, 11) is 0. The second-order valence-electron chi connectivity index (χ2n) is 5.67. The van der Waals surface area contributed by atoms with E-state index in [1.165, 1.54) is 6.92 Å². The number of carbonyl (C=O) groups is 2. The number of carbonyl (C=O) groups excluding carboxylic acids is 2. The normalized spacial score (nSPS) is 15.8. The van der Waals surface area contributed by atoms with Crippen LogP contribution in [0.4, 0.5) is 0 Å². The zero-order valence-electron chi connectivity index (χ0n) is 13.5. The van der Waals surface area contributed by atoms with Crippen molar-refractivity contribution < 1.29 is 19.1 Å². The number of ketones is 1. The van der Waals surface area contributed by atoms with Crippen molar-refractivity contribution >= 4 is 11.7 Å². The summed E-state index contributed by atoms with van der Waals surface area (Å²) in [5.74, 6) is 1.07. The molecular formula is C19H19NO4. The molecule has 5 nitrogen and oxygen atoms in total. The highest BCUT2D eigenvalue weighted by atomic mass is 16.5. The highest BCUT2D eigenvalue weighted by Crippen LogP contribution is 2.31. The Balaban J connectivity index is 1.59. The van der Waals surface area contributed by atoms with Gasteiger partial charge in [0.2, 0.25) is 0 Å². The van der Waals surface area contributed by atoms with E-state index in [1.54, 1.807) is 24.3 Å². The molecule has 1 aliphatic heterocycles. The predicted octanol–water partition coefficient (Wildman–Crippen LogP) is 2.91. The van der Waals surface area contributed by atoms with Crippen LogP contribution in [0.15, 0.2) is 48.5 Å². The SMILES string of the molecule is CC(=O)c1cccc(OCC(=O)N[C@H]2CCOc3ccccc32)c1. The molecule has 1 amide bonds. The molecule has 0 aliphatic carbocycles. The second kappa shape index (κ2) is 7.17. The molecule has 0 saturated carbocycles. The third-order valence-corrected chi connectivity index (χ3v) is 3.90. The van der Waals surface area contributed by atoms with E-state index in [-0.39, 0.29) is 24.3 Å². The molecule has 0 aromatic heterocycles. The number of rotatable bonds is 5. The molecule has 0 fully saturated rings. The zero-order valence-corrected chi connectivity index (χ0v) is 13.5. The van der Waals surface area contributed by atoms with Crippen LogP contribution in [0.3, 0.4) is 0 Å². The van der Waals surface area contributed by atoms with Crippen molar-refractivity contribution in [2.45, 2.75) is 19.4 Å². The predicted molar refractivity (Wildman–Crippen MR) is 89.4 cm³/mol. The van der Waals surface area contributed by atoms with E-state index < -0.39 is 0 Å². The lowest BCUT2D eigenvalue weighted by atomic mass is 10.0. The van der Waals surface area contributed by atoms with E-state index in [0.717, 1.165) is 17.7 Å². The summed E-state index contributed by atoms with van der Waals surface area (Å²) in [4.78, 5) is 23.5. The minimum absolute atomic E-state index is 0.0382. The molecule has 124 valence electrons. The van der Waals surface area contributed by atoms with Gasteiger partial charge in [-0.3, -0.25) is 9.59 Å². The van der Waals surface area contributed by atoms with Gasteiger partial charge in [-0.25, -0.2) is 0 Å². The Bertz CT molecular complexity index is 757. The summed E-state index contributed by atoms with van der Waals surface area (Å²) >= 11 is 0. The second-order valence-corrected chi connectivity index (χ2v) is 5.67. The van der Waals surface area contributed by atoms with Gasteiger partial charge in [-0.1, -0.05) is 30.3 Å². The van der Waals surface area contributed by atoms with Gasteiger partial charge in [0.15, 0.2) is 12.4 Å². The third-order valence-electron chi connectivity index (χ3n) is 3.90. The van der Waals surface area contributed by atoms with Crippen molar-refractivity contribution in [1.29, 1.82) is 0 Å². The zero-order chi connectivity index (χ0) is 16.9. The molecule has 0 spiro atoms. The number of hydrogen-bond donors (Lipinski definition) is 1. The molecule has 2 aromatic rings. The molecule has 0 radical (unpaired) electrons. The van der Waals surface area contributed by atoms with Crippen LogP contribution < -0.4 is 14.8 Å². The summed E-state index contributed by atoms with van der Waals surface area (Å²) in [6.45, 7) is 1.97. The molecular weight excluding hydrogens is 306 g/mol. The fraction of sp³-hybridized carbons (Fsp3) is 0.263. The van der Waals surface area contributed by atoms with Crippen molar-refractivity contribution in [1.82, 2.24) is 5.32 Å². The number of amides is 1. The van der Waals surface area contributed by atoms with Gasteiger partial charge in [-0.15, -0.1) is 0 Å². The maximum Gasteiger partial charge on any atom is 0.258 e. The number of hydrogen-bond acceptors (Lipinski definition) is 4. The van der Waals surface area contributed by atoms with Crippen LogP contribution in [-0.4, -0.2) is 24.9 Å². The van der Waals surface area contributed by atoms with Gasteiger partial charge >= 0.3 is 0 Å². The van der Waals surface area contributed by atoms with Crippen molar-refractivity contribution in [3.05, 3.63) is 59.7 Å². The smallest absolute Gasteiger partial charge is 0.258 e. The van der Waals surface area contributed by atoms with E-state index in [0.29, 0.717) is 17.9 Å². The Morgan fingerprint density at radius 3 is 2.88 bits per heavy atom. The van der Waals surface area contributed by atoms with Crippen LogP contribution in [0.1, 0.15) is 35.3 Å². The highest BCUT2D eigenvalue weighted by Gasteiger charge is 2.22. The molecule has 1 heterocycles. The highest BCUT2D eigenvalue weighted by molar-refractivity contribution is 5.94. The van der Waals surface area contributed by atoms with Crippen molar-refractivity contribution in [3.8, 4) is 11.5 Å². The first-order chi connectivity index (χ1) is 11.6. The number of para-hydroxylation sites is 1. The van der Waals surface area contributed by atoms with E-state index in [1.807, 2.05) is 24.3 Å². The van der Waals surface area contributed by atoms with Gasteiger partial charge in [0.25, 0.3) is 5.91 Å². The van der Waals surface area contributed by atoms with Gasteiger partial charge in [-0.05, 0) is 25.1 Å². The number of Topliss-reactive ketones (excluding diaryl/α,β-unsaturated/α-hetero) is 1. The summed E-state index contributed by atoms with van der Waals surface area (Å²) in [6.07, 6.45) is 0.725. The summed E-state index contributed by atoms with van der Waals surface area (Å²) in [5.41, 5.74) is 1.54. The minimum atomic E-state index is -0.204. The van der Waals surface area contributed by atoms with Crippen LogP contribution >= 0.6 is 0 Å². The standard InChI is InChI=1S/C19H19NO4/c1-13(21)14-5-4-6-15(11-14)24-12-19(22)20-17-9-10-23-18-8-3-2-7-16(17)18/h2-8,11,17H,9-10,12H2,1H3,(H,20,22)/t17-/m0/s1. The molecule has 3 rings (SSSR count). The molecule has 2 aromatic carbocycles. The van der Waals surface area contributed by atoms with Crippen molar-refractivity contribution in [3.63, 3.8) is 0 Å². The average molecular weight is 325 g/mol. The lowest BCUT2D eigenvalue weighted by Gasteiger charge is -2.26. The molecule has 1 N–H and O–H groups in total. The lowest BCUT2D eigenvalue weighted by Crippen LogP contribution is -2.35. The molecule has 1 aliphatic rings. The van der Waals surface area contributed by atoms with E-state index >= 15 is 0 Å². The first kappa shape index (κ1) is 16.1. The molecule has 0 saturated heterocycles. The summed E-state index contributed by atoms with van der Waals surface area (Å²) in [5, 5.41) is 2.97. The van der Waals surface area contributed by atoms with Crippen molar-refractivity contribution in [2.24, 2.45) is 0 Å². The lowest BCUT2D eigenvalue weighted by molar-refractivity contribution is -0.124. The van der Waals surface area contributed by atoms with Gasteiger partial charge in [0, 0.05) is 17.5 Å². The molecule has 0 bridgehead atoms. The maximum atomic E-state index is 12.2. The molecule has 0 unspecified atom stereocenters. The molecule has 1 atom stereocenters. The van der Waals surface area contributed by atoms with Gasteiger partial charge in [0.1, 0.15) is 11.5 Å². The van der Waals surface area contributed by atoms with Crippen LogP contribution in [0.25, 0.3) is 0 Å². The Labute approximate surface area is 140 Å². The van der Waals surface area contributed by atoms with Crippen LogP contribution in [0.5, 0.6) is 11.5 Å². The van der Waals surface area contributed by atoms with Gasteiger partial charge in [0.05, 0.1) is 12.6 Å². The first-order valence-corrected chi connectivity index (χ1v) is 7.88. The van der Waals surface area contributed by atoms with Gasteiger partial charge in [-0.2, -0.15) is 0 Å². The monoisotopic (exact) mass is 325 g/mol. The van der Waals surface area contributed by atoms with Crippen molar-refractivity contribution in [2.75, 3.05) is 13.2 Å². The fourth-order valence-electron chi connectivity index (χ4n) is 2.68. The van der Waals surface area contributed by atoms with E-state index in [4.69, 9.17) is 9.47 Å². The van der Waals surface area contributed by atoms with Crippen LogP contribution in [0.2, 0.25) is 0 Å². The minimum Gasteiger partial charge on any atom is -0.493 e. The number of ether oxygens (including phenoxy) is 2. The average Bonchev–Trinajstić information content (AvgIpc) is 2.60.